The number of amides is 1. The molecule has 0 fully saturated rings. The third-order valence-corrected chi connectivity index (χ3v) is 2.96. The molecule has 0 aliphatic carbocycles. The van der Waals surface area contributed by atoms with Crippen molar-refractivity contribution in [2.75, 3.05) is 10.7 Å². The van der Waals surface area contributed by atoms with Crippen molar-refractivity contribution in [2.24, 2.45) is 5.84 Å². The Kier molecular flexibility index (Phi) is 4.31. The summed E-state index contributed by atoms with van der Waals surface area (Å²) in [5, 5.41) is 2.94. The molecule has 0 aliphatic heterocycles. The van der Waals surface area contributed by atoms with Crippen LogP contribution in [-0.2, 0) is 0 Å². The number of pyridine rings is 2. The lowest BCUT2D eigenvalue weighted by Gasteiger charge is -2.09. The molecule has 2 aromatic rings. The van der Waals surface area contributed by atoms with E-state index in [1.165, 1.54) is 12.4 Å². The van der Waals surface area contributed by atoms with Crippen LogP contribution in [-0.4, -0.2) is 15.9 Å². The number of halogens is 2. The Balaban J connectivity index is 2.30. The highest BCUT2D eigenvalue weighted by atomic mass is 79.9. The summed E-state index contributed by atoms with van der Waals surface area (Å²) >= 11 is 9.16. The molecule has 0 aliphatic rings. The first-order valence-corrected chi connectivity index (χ1v) is 6.33. The van der Waals surface area contributed by atoms with E-state index in [2.05, 4.69) is 36.6 Å². The fourth-order valence-corrected chi connectivity index (χ4v) is 1.88. The standard InChI is InChI=1S/C11H9BrClN5O/c12-6-4-7(9(18-14)16-5-6)11(19)17-10-8(13)2-1-3-15-10/h1-5H,14H2,(H,16,18)(H,15,17,19). The van der Waals surface area contributed by atoms with Crippen LogP contribution >= 0.6 is 27.5 Å². The minimum absolute atomic E-state index is 0.257. The third-order valence-electron chi connectivity index (χ3n) is 2.23. The van der Waals surface area contributed by atoms with Crippen LogP contribution in [0, 0.1) is 0 Å². The van der Waals surface area contributed by atoms with E-state index in [0.717, 1.165) is 0 Å². The van der Waals surface area contributed by atoms with Gasteiger partial charge < -0.3 is 10.7 Å². The lowest BCUT2D eigenvalue weighted by atomic mass is 10.2. The van der Waals surface area contributed by atoms with Crippen LogP contribution in [0.4, 0.5) is 11.6 Å². The molecule has 0 atom stereocenters. The molecule has 98 valence electrons. The van der Waals surface area contributed by atoms with E-state index >= 15 is 0 Å². The van der Waals surface area contributed by atoms with E-state index in [1.807, 2.05) is 0 Å². The quantitative estimate of drug-likeness (QED) is 0.588. The Hall–Kier alpha value is -1.70. The van der Waals surface area contributed by atoms with Crippen LogP contribution in [0.15, 0.2) is 35.1 Å². The van der Waals surface area contributed by atoms with Crippen LogP contribution in [0.5, 0.6) is 0 Å². The van der Waals surface area contributed by atoms with Crippen molar-refractivity contribution < 1.29 is 4.79 Å². The highest BCUT2D eigenvalue weighted by Gasteiger charge is 2.14. The summed E-state index contributed by atoms with van der Waals surface area (Å²) in [6.45, 7) is 0. The highest BCUT2D eigenvalue weighted by Crippen LogP contribution is 2.21. The van der Waals surface area contributed by atoms with Crippen molar-refractivity contribution in [3.8, 4) is 0 Å². The molecule has 19 heavy (non-hydrogen) atoms. The maximum absolute atomic E-state index is 12.1. The zero-order valence-corrected chi connectivity index (χ0v) is 11.9. The Bertz CT molecular complexity index is 622. The number of carbonyl (C=O) groups is 1. The van der Waals surface area contributed by atoms with Gasteiger partial charge in [0.1, 0.15) is 0 Å². The summed E-state index contributed by atoms with van der Waals surface area (Å²) in [5.41, 5.74) is 2.63. The van der Waals surface area contributed by atoms with Crippen molar-refractivity contribution in [1.82, 2.24) is 9.97 Å². The van der Waals surface area contributed by atoms with Gasteiger partial charge in [-0.1, -0.05) is 11.6 Å². The van der Waals surface area contributed by atoms with E-state index in [4.69, 9.17) is 17.4 Å². The number of aromatic nitrogens is 2. The van der Waals surface area contributed by atoms with Crippen molar-refractivity contribution in [2.45, 2.75) is 0 Å². The second-order valence-corrected chi connectivity index (χ2v) is 4.80. The summed E-state index contributed by atoms with van der Waals surface area (Å²) in [4.78, 5) is 20.1. The first-order chi connectivity index (χ1) is 9.11. The van der Waals surface area contributed by atoms with Crippen molar-refractivity contribution >= 4 is 45.1 Å². The van der Waals surface area contributed by atoms with Crippen molar-refractivity contribution in [3.05, 3.63) is 45.7 Å². The SMILES string of the molecule is NNc1ncc(Br)cc1C(=O)Nc1ncccc1Cl. The third kappa shape index (κ3) is 3.19. The summed E-state index contributed by atoms with van der Waals surface area (Å²) < 4.78 is 0.656. The fourth-order valence-electron chi connectivity index (χ4n) is 1.38. The largest absolute Gasteiger partial charge is 0.308 e. The van der Waals surface area contributed by atoms with Gasteiger partial charge in [-0.3, -0.25) is 4.79 Å². The second kappa shape index (κ2) is 5.96. The number of nitrogens with one attached hydrogen (secondary N) is 2. The number of anilines is 2. The molecule has 2 rings (SSSR count). The smallest absolute Gasteiger partial charge is 0.260 e. The number of nitrogen functional groups attached to an aromatic ring is 1. The van der Waals surface area contributed by atoms with Crippen LogP contribution < -0.4 is 16.6 Å². The number of nitrogens with two attached hydrogens (primary N) is 1. The van der Waals surface area contributed by atoms with Crippen molar-refractivity contribution in [3.63, 3.8) is 0 Å². The van der Waals surface area contributed by atoms with E-state index in [0.29, 0.717) is 9.50 Å². The van der Waals surface area contributed by atoms with Crippen LogP contribution in [0.1, 0.15) is 10.4 Å². The van der Waals surface area contributed by atoms with Gasteiger partial charge in [0.25, 0.3) is 5.91 Å². The Morgan fingerprint density at radius 2 is 2.16 bits per heavy atom. The summed E-state index contributed by atoms with van der Waals surface area (Å²) in [5.74, 6) is 5.43. The molecule has 6 nitrogen and oxygen atoms in total. The lowest BCUT2D eigenvalue weighted by Crippen LogP contribution is -2.19. The van der Waals surface area contributed by atoms with Crippen LogP contribution in [0.2, 0.25) is 5.02 Å². The molecule has 0 bridgehead atoms. The maximum atomic E-state index is 12.1. The molecule has 0 saturated carbocycles. The Labute approximate surface area is 122 Å². The molecule has 0 aromatic carbocycles. The predicted molar refractivity (Wildman–Crippen MR) is 76.9 cm³/mol. The van der Waals surface area contributed by atoms with Gasteiger partial charge in [-0.25, -0.2) is 15.8 Å². The molecular weight excluding hydrogens is 334 g/mol. The molecule has 0 radical (unpaired) electrons. The topological polar surface area (TPSA) is 92.9 Å². The minimum atomic E-state index is -0.414. The van der Waals surface area contributed by atoms with Crippen molar-refractivity contribution in [1.29, 1.82) is 0 Å². The molecule has 2 heterocycles. The number of carbonyl (C=O) groups excluding carboxylic acids is 1. The van der Waals surface area contributed by atoms with Gasteiger partial charge in [0, 0.05) is 16.9 Å². The summed E-state index contributed by atoms with van der Waals surface area (Å²) in [6, 6.07) is 4.89. The van der Waals surface area contributed by atoms with Crippen LogP contribution in [0.25, 0.3) is 0 Å². The van der Waals surface area contributed by atoms with E-state index < -0.39 is 5.91 Å². The van der Waals surface area contributed by atoms with E-state index in [9.17, 15) is 4.79 Å². The molecular formula is C11H9BrClN5O. The number of hydrazine groups is 1. The van der Waals surface area contributed by atoms with E-state index in [-0.39, 0.29) is 17.2 Å². The van der Waals surface area contributed by atoms with Gasteiger partial charge in [-0.2, -0.15) is 0 Å². The number of nitrogens with zero attached hydrogens (tertiary/aromatic N) is 2. The van der Waals surface area contributed by atoms with Gasteiger partial charge in [0.2, 0.25) is 0 Å². The predicted octanol–water partition coefficient (Wildman–Crippen LogP) is 2.43. The van der Waals surface area contributed by atoms with E-state index in [1.54, 1.807) is 18.2 Å². The minimum Gasteiger partial charge on any atom is -0.308 e. The van der Waals surface area contributed by atoms with Gasteiger partial charge in [0.05, 0.1) is 10.6 Å². The molecule has 2 aromatic heterocycles. The molecule has 4 N–H and O–H groups in total. The van der Waals surface area contributed by atoms with Gasteiger partial charge in [-0.15, -0.1) is 0 Å². The molecule has 0 saturated heterocycles. The first-order valence-electron chi connectivity index (χ1n) is 5.16. The summed E-state index contributed by atoms with van der Waals surface area (Å²) in [7, 11) is 0. The average Bonchev–Trinajstić information content (AvgIpc) is 2.41. The maximum Gasteiger partial charge on any atom is 0.260 e. The van der Waals surface area contributed by atoms with Crippen LogP contribution in [0.3, 0.4) is 0 Å². The molecule has 0 spiro atoms. The normalized spacial score (nSPS) is 10.1. The monoisotopic (exact) mass is 341 g/mol. The molecule has 0 unspecified atom stereocenters. The zero-order chi connectivity index (χ0) is 13.8. The molecule has 8 heteroatoms. The first kappa shape index (κ1) is 13.7. The van der Waals surface area contributed by atoms with Gasteiger partial charge in [-0.05, 0) is 34.1 Å². The number of hydrogen-bond donors (Lipinski definition) is 3. The second-order valence-electron chi connectivity index (χ2n) is 3.48. The number of hydrogen-bond acceptors (Lipinski definition) is 5. The Morgan fingerprint density at radius 1 is 1.37 bits per heavy atom. The number of rotatable bonds is 3. The summed E-state index contributed by atoms with van der Waals surface area (Å²) in [6.07, 6.45) is 3.06. The highest BCUT2D eigenvalue weighted by molar-refractivity contribution is 9.10. The fraction of sp³-hybridized carbons (Fsp3) is 0. The Morgan fingerprint density at radius 3 is 2.84 bits per heavy atom. The van der Waals surface area contributed by atoms with Gasteiger partial charge >= 0.3 is 0 Å². The van der Waals surface area contributed by atoms with Gasteiger partial charge in [0.15, 0.2) is 11.6 Å². The lowest BCUT2D eigenvalue weighted by molar-refractivity contribution is 0.102. The zero-order valence-electron chi connectivity index (χ0n) is 9.52. The molecule has 1 amide bonds. The average molecular weight is 343 g/mol.